The van der Waals surface area contributed by atoms with E-state index in [2.05, 4.69) is 11.2 Å². The highest BCUT2D eigenvalue weighted by molar-refractivity contribution is 6.02. The highest BCUT2D eigenvalue weighted by Crippen LogP contribution is 2.27. The van der Waals surface area contributed by atoms with E-state index >= 15 is 0 Å². The standard InChI is InChI=1S/C21H21NO3/c1-15-7-8-16(2)21(13-15)25-12-11-24-20-10-9-17-5-3-4-6-18(17)19(20)14-22-23/h3-10,13-14,23H,11-12H2,1-2H3. The molecule has 0 heterocycles. The van der Waals surface area contributed by atoms with Crippen LogP contribution in [0.3, 0.4) is 0 Å². The van der Waals surface area contributed by atoms with E-state index in [1.54, 1.807) is 0 Å². The topological polar surface area (TPSA) is 51.0 Å². The molecule has 4 heteroatoms. The smallest absolute Gasteiger partial charge is 0.129 e. The van der Waals surface area contributed by atoms with Crippen molar-refractivity contribution in [1.29, 1.82) is 0 Å². The lowest BCUT2D eigenvalue weighted by Crippen LogP contribution is -2.10. The molecule has 25 heavy (non-hydrogen) atoms. The zero-order valence-electron chi connectivity index (χ0n) is 14.4. The average Bonchev–Trinajstić information content (AvgIpc) is 2.63. The molecule has 0 atom stereocenters. The Labute approximate surface area is 147 Å². The van der Waals surface area contributed by atoms with Crippen LogP contribution in [-0.4, -0.2) is 24.6 Å². The first-order chi connectivity index (χ1) is 12.2. The van der Waals surface area contributed by atoms with E-state index in [9.17, 15) is 0 Å². The Morgan fingerprint density at radius 1 is 0.920 bits per heavy atom. The Morgan fingerprint density at radius 3 is 2.48 bits per heavy atom. The van der Waals surface area contributed by atoms with Gasteiger partial charge in [-0.3, -0.25) is 0 Å². The molecule has 0 aliphatic heterocycles. The lowest BCUT2D eigenvalue weighted by Gasteiger charge is -2.13. The summed E-state index contributed by atoms with van der Waals surface area (Å²) in [4.78, 5) is 0. The van der Waals surface area contributed by atoms with Crippen molar-refractivity contribution in [3.63, 3.8) is 0 Å². The van der Waals surface area contributed by atoms with Gasteiger partial charge in [0, 0.05) is 5.56 Å². The minimum absolute atomic E-state index is 0.401. The van der Waals surface area contributed by atoms with E-state index in [1.807, 2.05) is 62.4 Å². The van der Waals surface area contributed by atoms with Gasteiger partial charge in [0.2, 0.25) is 0 Å². The molecule has 1 N–H and O–H groups in total. The second kappa shape index (κ2) is 7.71. The van der Waals surface area contributed by atoms with Gasteiger partial charge in [0.1, 0.15) is 24.7 Å². The predicted molar refractivity (Wildman–Crippen MR) is 100 cm³/mol. The second-order valence-corrected chi connectivity index (χ2v) is 5.91. The maximum absolute atomic E-state index is 8.97. The largest absolute Gasteiger partial charge is 0.490 e. The highest BCUT2D eigenvalue weighted by atomic mass is 16.5. The van der Waals surface area contributed by atoms with E-state index in [1.165, 1.54) is 6.21 Å². The molecular weight excluding hydrogens is 314 g/mol. The van der Waals surface area contributed by atoms with Crippen molar-refractivity contribution in [2.75, 3.05) is 13.2 Å². The summed E-state index contributed by atoms with van der Waals surface area (Å²) in [5, 5.41) is 14.2. The second-order valence-electron chi connectivity index (χ2n) is 5.91. The summed E-state index contributed by atoms with van der Waals surface area (Å²) in [7, 11) is 0. The molecule has 4 nitrogen and oxygen atoms in total. The molecule has 0 amide bonds. The molecule has 3 aromatic carbocycles. The van der Waals surface area contributed by atoms with Gasteiger partial charge in [-0.1, -0.05) is 47.6 Å². The minimum atomic E-state index is 0.401. The Kier molecular flexibility index (Phi) is 5.19. The normalized spacial score (nSPS) is 11.1. The third-order valence-electron chi connectivity index (χ3n) is 4.06. The van der Waals surface area contributed by atoms with Crippen LogP contribution in [0.5, 0.6) is 11.5 Å². The van der Waals surface area contributed by atoms with Crippen LogP contribution in [0.1, 0.15) is 16.7 Å². The minimum Gasteiger partial charge on any atom is -0.490 e. The van der Waals surface area contributed by atoms with Gasteiger partial charge in [-0.15, -0.1) is 0 Å². The lowest BCUT2D eigenvalue weighted by atomic mass is 10.0. The molecule has 0 radical (unpaired) electrons. The molecule has 0 unspecified atom stereocenters. The third kappa shape index (κ3) is 3.91. The number of oxime groups is 1. The fourth-order valence-electron chi connectivity index (χ4n) is 2.76. The Hall–Kier alpha value is -3.01. The number of hydrogen-bond donors (Lipinski definition) is 1. The molecule has 0 saturated heterocycles. The van der Waals surface area contributed by atoms with Gasteiger partial charge < -0.3 is 14.7 Å². The third-order valence-corrected chi connectivity index (χ3v) is 4.06. The van der Waals surface area contributed by atoms with Crippen molar-refractivity contribution in [2.45, 2.75) is 13.8 Å². The van der Waals surface area contributed by atoms with Gasteiger partial charge in [0.15, 0.2) is 0 Å². The number of rotatable bonds is 6. The molecule has 0 aromatic heterocycles. The predicted octanol–water partition coefficient (Wildman–Crippen LogP) is 4.72. The quantitative estimate of drug-likeness (QED) is 0.307. The summed E-state index contributed by atoms with van der Waals surface area (Å²) in [6.07, 6.45) is 1.41. The van der Waals surface area contributed by atoms with Gasteiger partial charge in [-0.05, 0) is 47.9 Å². The SMILES string of the molecule is Cc1ccc(C)c(OCCOc2ccc3ccccc3c2C=NO)c1. The maximum Gasteiger partial charge on any atom is 0.129 e. The van der Waals surface area contributed by atoms with E-state index < -0.39 is 0 Å². The zero-order valence-corrected chi connectivity index (χ0v) is 14.4. The molecule has 0 aliphatic rings. The molecule has 0 spiro atoms. The van der Waals surface area contributed by atoms with Crippen molar-refractivity contribution in [1.82, 2.24) is 0 Å². The first-order valence-corrected chi connectivity index (χ1v) is 8.21. The van der Waals surface area contributed by atoms with Crippen molar-refractivity contribution in [2.24, 2.45) is 5.16 Å². The monoisotopic (exact) mass is 335 g/mol. The molecule has 128 valence electrons. The van der Waals surface area contributed by atoms with Crippen LogP contribution in [-0.2, 0) is 0 Å². The van der Waals surface area contributed by atoms with Crippen LogP contribution >= 0.6 is 0 Å². The summed E-state index contributed by atoms with van der Waals surface area (Å²) in [5.74, 6) is 1.54. The van der Waals surface area contributed by atoms with Crippen molar-refractivity contribution < 1.29 is 14.7 Å². The Morgan fingerprint density at radius 2 is 1.68 bits per heavy atom. The first-order valence-electron chi connectivity index (χ1n) is 8.21. The summed E-state index contributed by atoms with van der Waals surface area (Å²) in [6.45, 7) is 4.90. The number of benzene rings is 3. The van der Waals surface area contributed by atoms with E-state index in [0.29, 0.717) is 19.0 Å². The van der Waals surface area contributed by atoms with Gasteiger partial charge in [-0.25, -0.2) is 0 Å². The van der Waals surface area contributed by atoms with E-state index in [4.69, 9.17) is 14.7 Å². The average molecular weight is 335 g/mol. The van der Waals surface area contributed by atoms with E-state index in [0.717, 1.165) is 33.2 Å². The summed E-state index contributed by atoms with van der Waals surface area (Å²) in [5.41, 5.74) is 3.02. The van der Waals surface area contributed by atoms with Crippen LogP contribution < -0.4 is 9.47 Å². The van der Waals surface area contributed by atoms with Crippen molar-refractivity contribution in [3.8, 4) is 11.5 Å². The zero-order chi connectivity index (χ0) is 17.6. The van der Waals surface area contributed by atoms with Crippen molar-refractivity contribution >= 4 is 17.0 Å². The van der Waals surface area contributed by atoms with Crippen LogP contribution in [0.2, 0.25) is 0 Å². The van der Waals surface area contributed by atoms with Crippen molar-refractivity contribution in [3.05, 3.63) is 71.3 Å². The van der Waals surface area contributed by atoms with Crippen LogP contribution in [0.25, 0.3) is 10.8 Å². The molecule has 0 fully saturated rings. The number of hydrogen-bond acceptors (Lipinski definition) is 4. The van der Waals surface area contributed by atoms with Crippen LogP contribution in [0.4, 0.5) is 0 Å². The number of fused-ring (bicyclic) bond motifs is 1. The lowest BCUT2D eigenvalue weighted by molar-refractivity contribution is 0.216. The molecule has 0 bridgehead atoms. The summed E-state index contributed by atoms with van der Waals surface area (Å²) in [6, 6.07) is 17.9. The number of nitrogens with zero attached hydrogens (tertiary/aromatic N) is 1. The highest BCUT2D eigenvalue weighted by Gasteiger charge is 2.08. The van der Waals surface area contributed by atoms with E-state index in [-0.39, 0.29) is 0 Å². The fourth-order valence-corrected chi connectivity index (χ4v) is 2.76. The summed E-state index contributed by atoms with van der Waals surface area (Å²) >= 11 is 0. The van der Waals surface area contributed by atoms with Crippen LogP contribution in [0.15, 0.2) is 59.8 Å². The first kappa shape index (κ1) is 16.8. The van der Waals surface area contributed by atoms with Gasteiger partial charge in [-0.2, -0.15) is 0 Å². The van der Waals surface area contributed by atoms with Crippen LogP contribution in [0, 0.1) is 13.8 Å². The molecule has 3 rings (SSSR count). The maximum atomic E-state index is 8.97. The van der Waals surface area contributed by atoms with Gasteiger partial charge in [0.05, 0.1) is 6.21 Å². The molecule has 3 aromatic rings. The Balaban J connectivity index is 1.71. The Bertz CT molecular complexity index is 903. The van der Waals surface area contributed by atoms with Gasteiger partial charge in [0.25, 0.3) is 0 Å². The molecular formula is C21H21NO3. The number of aryl methyl sites for hydroxylation is 2. The fraction of sp³-hybridized carbons (Fsp3) is 0.190. The molecule has 0 saturated carbocycles. The van der Waals surface area contributed by atoms with Gasteiger partial charge >= 0.3 is 0 Å². The molecule has 0 aliphatic carbocycles. The summed E-state index contributed by atoms with van der Waals surface area (Å²) < 4.78 is 11.7. The number of ether oxygens (including phenoxy) is 2.